The van der Waals surface area contributed by atoms with Crippen molar-refractivity contribution < 1.29 is 38.6 Å². The topological polar surface area (TPSA) is 144 Å². The molecule has 0 radical (unpaired) electrons. The Bertz CT molecular complexity index is 1220. The Balaban J connectivity index is 2.00. The number of amides is 1. The zero-order chi connectivity index (χ0) is 27.3. The quantitative estimate of drug-likeness (QED) is 0.447. The van der Waals surface area contributed by atoms with Gasteiger partial charge in [-0.3, -0.25) is 28.8 Å². The number of benzene rings is 2. The maximum absolute atomic E-state index is 13.4. The van der Waals surface area contributed by atoms with Crippen molar-refractivity contribution in [2.75, 3.05) is 0 Å². The first-order valence-electron chi connectivity index (χ1n) is 12.0. The van der Waals surface area contributed by atoms with Crippen LogP contribution in [0.25, 0.3) is 0 Å². The molecule has 194 valence electrons. The number of esters is 1. The lowest BCUT2D eigenvalue weighted by Crippen LogP contribution is -2.47. The van der Waals surface area contributed by atoms with Gasteiger partial charge in [-0.1, -0.05) is 63.2 Å². The SMILES string of the molecule is CC(C)C(=O)O[C@@H]1[C@H](C)C(=O)C(=O)[C@@H](NC(=O)c2ccccc2O)CC(=O)C(=O)[C@@H]1Cc1ccccc1. The molecule has 9 heteroatoms. The predicted octanol–water partition coefficient (Wildman–Crippen LogP) is 2.23. The number of ketones is 4. The Hall–Kier alpha value is -4.14. The maximum atomic E-state index is 13.4. The van der Waals surface area contributed by atoms with Crippen LogP contribution in [0.2, 0.25) is 0 Å². The van der Waals surface area contributed by atoms with Crippen molar-refractivity contribution in [3.8, 4) is 5.75 Å². The zero-order valence-electron chi connectivity index (χ0n) is 20.8. The summed E-state index contributed by atoms with van der Waals surface area (Å²) in [4.78, 5) is 78.2. The van der Waals surface area contributed by atoms with Crippen LogP contribution in [0.4, 0.5) is 0 Å². The molecule has 37 heavy (non-hydrogen) atoms. The number of nitrogens with one attached hydrogen (secondary N) is 1. The van der Waals surface area contributed by atoms with Crippen molar-refractivity contribution in [3.63, 3.8) is 0 Å². The molecule has 0 aliphatic heterocycles. The van der Waals surface area contributed by atoms with Crippen molar-refractivity contribution >= 4 is 35.0 Å². The summed E-state index contributed by atoms with van der Waals surface area (Å²) >= 11 is 0. The molecule has 4 atom stereocenters. The van der Waals surface area contributed by atoms with Crippen LogP contribution in [-0.2, 0) is 35.1 Å². The largest absolute Gasteiger partial charge is 0.507 e. The van der Waals surface area contributed by atoms with Gasteiger partial charge in [0.25, 0.3) is 5.91 Å². The summed E-state index contributed by atoms with van der Waals surface area (Å²) < 4.78 is 5.57. The van der Waals surface area contributed by atoms with Gasteiger partial charge in [-0.25, -0.2) is 0 Å². The van der Waals surface area contributed by atoms with Crippen molar-refractivity contribution in [3.05, 3.63) is 65.7 Å². The number of ether oxygens (including phenoxy) is 1. The molecular weight excluding hydrogens is 478 g/mol. The normalized spacial score (nSPS) is 22.7. The summed E-state index contributed by atoms with van der Waals surface area (Å²) in [6, 6.07) is 12.7. The molecule has 1 aliphatic carbocycles. The van der Waals surface area contributed by atoms with E-state index in [-0.39, 0.29) is 17.7 Å². The first kappa shape index (κ1) is 27.4. The molecule has 0 saturated heterocycles. The van der Waals surface area contributed by atoms with Gasteiger partial charge < -0.3 is 15.2 Å². The monoisotopic (exact) mass is 507 g/mol. The Morgan fingerprint density at radius 2 is 1.57 bits per heavy atom. The average Bonchev–Trinajstić information content (AvgIpc) is 2.90. The van der Waals surface area contributed by atoms with E-state index < -0.39 is 71.3 Å². The molecule has 0 spiro atoms. The molecule has 2 aromatic rings. The number of hydrogen-bond donors (Lipinski definition) is 2. The fourth-order valence-corrected chi connectivity index (χ4v) is 4.18. The third kappa shape index (κ3) is 6.35. The number of carbonyl (C=O) groups excluding carboxylic acids is 6. The van der Waals surface area contributed by atoms with Gasteiger partial charge in [-0.2, -0.15) is 0 Å². The molecule has 2 aromatic carbocycles. The van der Waals surface area contributed by atoms with E-state index in [9.17, 15) is 33.9 Å². The van der Waals surface area contributed by atoms with Crippen LogP contribution < -0.4 is 5.32 Å². The fourth-order valence-electron chi connectivity index (χ4n) is 4.18. The van der Waals surface area contributed by atoms with Gasteiger partial charge in [0.15, 0.2) is 0 Å². The molecule has 1 amide bonds. The van der Waals surface area contributed by atoms with Crippen LogP contribution in [0.1, 0.15) is 43.1 Å². The van der Waals surface area contributed by atoms with E-state index in [1.807, 2.05) is 0 Å². The summed E-state index contributed by atoms with van der Waals surface area (Å²) in [6.07, 6.45) is -2.11. The molecule has 0 unspecified atom stereocenters. The Morgan fingerprint density at radius 3 is 2.19 bits per heavy atom. The van der Waals surface area contributed by atoms with Crippen LogP contribution in [-0.4, -0.2) is 52.3 Å². The second-order valence-corrected chi connectivity index (χ2v) is 9.40. The lowest BCUT2D eigenvalue weighted by Gasteiger charge is -2.29. The summed E-state index contributed by atoms with van der Waals surface area (Å²) in [6.45, 7) is 4.53. The number of phenolic OH excluding ortho intramolecular Hbond substituents is 1. The Morgan fingerprint density at radius 1 is 0.946 bits per heavy atom. The highest BCUT2D eigenvalue weighted by atomic mass is 16.5. The van der Waals surface area contributed by atoms with E-state index in [4.69, 9.17) is 4.74 Å². The zero-order valence-corrected chi connectivity index (χ0v) is 20.8. The van der Waals surface area contributed by atoms with Gasteiger partial charge in [0.05, 0.1) is 23.3 Å². The van der Waals surface area contributed by atoms with E-state index in [1.54, 1.807) is 44.2 Å². The van der Waals surface area contributed by atoms with Gasteiger partial charge in [0.1, 0.15) is 17.9 Å². The van der Waals surface area contributed by atoms with E-state index in [2.05, 4.69) is 5.32 Å². The summed E-state index contributed by atoms with van der Waals surface area (Å²) in [5.41, 5.74) is 0.508. The fraction of sp³-hybridized carbons (Fsp3) is 0.357. The molecular formula is C28H29NO8. The van der Waals surface area contributed by atoms with Crippen LogP contribution >= 0.6 is 0 Å². The molecule has 0 heterocycles. The van der Waals surface area contributed by atoms with Gasteiger partial charge in [0, 0.05) is 6.42 Å². The lowest BCUT2D eigenvalue weighted by molar-refractivity contribution is -0.163. The van der Waals surface area contributed by atoms with Gasteiger partial charge in [0.2, 0.25) is 23.1 Å². The molecule has 1 saturated carbocycles. The highest BCUT2D eigenvalue weighted by molar-refractivity contribution is 6.44. The molecule has 1 aliphatic rings. The maximum Gasteiger partial charge on any atom is 0.308 e. The molecule has 0 aromatic heterocycles. The van der Waals surface area contributed by atoms with Crippen LogP contribution in [0.15, 0.2) is 54.6 Å². The predicted molar refractivity (Wildman–Crippen MR) is 132 cm³/mol. The van der Waals surface area contributed by atoms with Crippen molar-refractivity contribution in [2.45, 2.75) is 45.8 Å². The smallest absolute Gasteiger partial charge is 0.308 e. The second kappa shape index (κ2) is 11.7. The van der Waals surface area contributed by atoms with E-state index >= 15 is 0 Å². The van der Waals surface area contributed by atoms with E-state index in [0.717, 1.165) is 0 Å². The molecule has 1 fully saturated rings. The number of para-hydroxylation sites is 1. The average molecular weight is 508 g/mol. The summed E-state index contributed by atoms with van der Waals surface area (Å²) in [5, 5.41) is 12.3. The number of rotatable bonds is 6. The second-order valence-electron chi connectivity index (χ2n) is 9.40. The van der Waals surface area contributed by atoms with Gasteiger partial charge in [-0.15, -0.1) is 0 Å². The molecule has 9 nitrogen and oxygen atoms in total. The number of aromatic hydroxyl groups is 1. The van der Waals surface area contributed by atoms with Crippen LogP contribution in [0, 0.1) is 17.8 Å². The molecule has 0 bridgehead atoms. The van der Waals surface area contributed by atoms with E-state index in [1.165, 1.54) is 31.2 Å². The van der Waals surface area contributed by atoms with Gasteiger partial charge >= 0.3 is 5.97 Å². The first-order chi connectivity index (χ1) is 17.5. The summed E-state index contributed by atoms with van der Waals surface area (Å²) in [7, 11) is 0. The molecule has 3 rings (SSSR count). The van der Waals surface area contributed by atoms with Crippen molar-refractivity contribution in [1.82, 2.24) is 5.32 Å². The molecule has 2 N–H and O–H groups in total. The number of carbonyl (C=O) groups is 6. The number of phenols is 1. The minimum atomic E-state index is -1.63. The third-order valence-corrected chi connectivity index (χ3v) is 6.34. The van der Waals surface area contributed by atoms with Crippen LogP contribution in [0.5, 0.6) is 5.75 Å². The summed E-state index contributed by atoms with van der Waals surface area (Å²) in [5.74, 6) is -8.95. The Labute approximate surface area is 214 Å². The third-order valence-electron chi connectivity index (χ3n) is 6.34. The number of hydrogen-bond acceptors (Lipinski definition) is 8. The van der Waals surface area contributed by atoms with Gasteiger partial charge in [-0.05, 0) is 24.1 Å². The van der Waals surface area contributed by atoms with Crippen molar-refractivity contribution in [1.29, 1.82) is 0 Å². The first-order valence-corrected chi connectivity index (χ1v) is 12.0. The number of Topliss-reactive ketones (excluding diaryl/α,β-unsaturated/α-hetero) is 4. The minimum Gasteiger partial charge on any atom is -0.507 e. The van der Waals surface area contributed by atoms with Crippen LogP contribution in [0.3, 0.4) is 0 Å². The highest BCUT2D eigenvalue weighted by Gasteiger charge is 2.46. The van der Waals surface area contributed by atoms with E-state index in [0.29, 0.717) is 5.56 Å². The van der Waals surface area contributed by atoms with Crippen molar-refractivity contribution in [2.24, 2.45) is 17.8 Å². The highest BCUT2D eigenvalue weighted by Crippen LogP contribution is 2.28. The minimum absolute atomic E-state index is 0.00216. The lowest BCUT2D eigenvalue weighted by atomic mass is 9.81. The Kier molecular flexibility index (Phi) is 8.70. The standard InChI is InChI=1S/C28H29NO8/c1-15(2)28(36)37-26-16(3)23(32)25(34)20(29-27(35)18-11-7-8-12-21(18)30)14-22(31)24(33)19(26)13-17-9-5-4-6-10-17/h4-12,15-16,19-20,26,30H,13-14H2,1-3H3,(H,29,35)/t16-,19+,20+,26-/m1/s1.